The number of hydrogen-bond acceptors (Lipinski definition) is 8. The van der Waals surface area contributed by atoms with Crippen LogP contribution >= 0.6 is 0 Å². The van der Waals surface area contributed by atoms with Gasteiger partial charge in [0.25, 0.3) is 0 Å². The van der Waals surface area contributed by atoms with Crippen molar-refractivity contribution in [2.24, 2.45) is 0 Å². The van der Waals surface area contributed by atoms with Crippen LogP contribution in [0.3, 0.4) is 0 Å². The van der Waals surface area contributed by atoms with Gasteiger partial charge in [0.15, 0.2) is 17.3 Å². The minimum absolute atomic E-state index is 0.0183. The molecule has 2 aliphatic rings. The van der Waals surface area contributed by atoms with E-state index in [0.29, 0.717) is 42.9 Å². The van der Waals surface area contributed by atoms with Gasteiger partial charge in [0.05, 0.1) is 25.8 Å². The molecule has 2 fully saturated rings. The summed E-state index contributed by atoms with van der Waals surface area (Å²) in [5.41, 5.74) is 0.784. The summed E-state index contributed by atoms with van der Waals surface area (Å²) in [6.45, 7) is 8.32. The molecule has 35 heavy (non-hydrogen) atoms. The third-order valence-corrected chi connectivity index (χ3v) is 6.93. The van der Waals surface area contributed by atoms with Crippen LogP contribution in [0.15, 0.2) is 12.1 Å². The predicted octanol–water partition coefficient (Wildman–Crippen LogP) is 3.04. The lowest BCUT2D eigenvalue weighted by Gasteiger charge is -2.30. The van der Waals surface area contributed by atoms with Crippen molar-refractivity contribution < 1.29 is 14.3 Å². The Balaban J connectivity index is 1.55. The highest BCUT2D eigenvalue weighted by Gasteiger charge is 2.20. The van der Waals surface area contributed by atoms with Gasteiger partial charge in [0.2, 0.25) is 5.91 Å². The molecule has 1 aromatic carbocycles. The number of likely N-dealkylation sites (tertiary alicyclic amines) is 2. The summed E-state index contributed by atoms with van der Waals surface area (Å²) in [6, 6.07) is 4.25. The molecule has 2 saturated heterocycles. The zero-order valence-electron chi connectivity index (χ0n) is 21.4. The van der Waals surface area contributed by atoms with Crippen molar-refractivity contribution in [1.82, 2.24) is 25.1 Å². The van der Waals surface area contributed by atoms with Gasteiger partial charge in [-0.05, 0) is 71.4 Å². The molecule has 2 aliphatic heterocycles. The van der Waals surface area contributed by atoms with Gasteiger partial charge >= 0.3 is 0 Å². The molecule has 0 saturated carbocycles. The van der Waals surface area contributed by atoms with Crippen LogP contribution in [0, 0.1) is 0 Å². The van der Waals surface area contributed by atoms with Crippen LogP contribution in [0.4, 0.5) is 5.82 Å². The number of rotatable bonds is 11. The average molecular weight is 485 g/mol. The Morgan fingerprint density at radius 1 is 1.11 bits per heavy atom. The van der Waals surface area contributed by atoms with E-state index in [0.717, 1.165) is 55.6 Å². The van der Waals surface area contributed by atoms with Gasteiger partial charge < -0.3 is 29.9 Å². The molecule has 0 atom stereocenters. The normalized spacial score (nSPS) is 17.6. The summed E-state index contributed by atoms with van der Waals surface area (Å²) >= 11 is 0. The molecule has 2 aromatic rings. The van der Waals surface area contributed by atoms with Gasteiger partial charge in [0.1, 0.15) is 5.82 Å². The van der Waals surface area contributed by atoms with Gasteiger partial charge in [-0.25, -0.2) is 9.97 Å². The lowest BCUT2D eigenvalue weighted by Crippen LogP contribution is -2.37. The largest absolute Gasteiger partial charge is 0.493 e. The van der Waals surface area contributed by atoms with E-state index in [9.17, 15) is 4.79 Å². The summed E-state index contributed by atoms with van der Waals surface area (Å²) in [7, 11) is 3.82. The zero-order valence-corrected chi connectivity index (χ0v) is 21.4. The molecular formula is C26H40N6O3. The number of fused-ring (bicyclic) bond motifs is 1. The fourth-order valence-electron chi connectivity index (χ4n) is 4.77. The molecule has 9 heteroatoms. The molecule has 3 heterocycles. The average Bonchev–Trinajstić information content (AvgIpc) is 3.39. The molecule has 192 valence electrons. The monoisotopic (exact) mass is 484 g/mol. The summed E-state index contributed by atoms with van der Waals surface area (Å²) in [4.78, 5) is 26.2. The number of carbonyl (C=O) groups excluding carboxylic acids is 1. The molecule has 0 unspecified atom stereocenters. The number of methoxy groups -OCH3 is 1. The maximum Gasteiger partial charge on any atom is 0.220 e. The van der Waals surface area contributed by atoms with Gasteiger partial charge in [-0.15, -0.1) is 0 Å². The van der Waals surface area contributed by atoms with E-state index in [-0.39, 0.29) is 5.91 Å². The predicted molar refractivity (Wildman–Crippen MR) is 138 cm³/mol. The van der Waals surface area contributed by atoms with Crippen molar-refractivity contribution in [2.75, 3.05) is 58.8 Å². The van der Waals surface area contributed by atoms with Crippen LogP contribution < -0.4 is 20.1 Å². The van der Waals surface area contributed by atoms with Crippen LogP contribution in [-0.2, 0) is 11.3 Å². The molecule has 0 bridgehead atoms. The van der Waals surface area contributed by atoms with Crippen molar-refractivity contribution in [3.05, 3.63) is 18.0 Å². The summed E-state index contributed by atoms with van der Waals surface area (Å²) in [6.07, 6.45) is 6.11. The summed E-state index contributed by atoms with van der Waals surface area (Å²) in [5.74, 6) is 2.72. The van der Waals surface area contributed by atoms with Crippen molar-refractivity contribution in [3.63, 3.8) is 0 Å². The molecule has 0 aliphatic carbocycles. The standard InChI is InChI=1S/C26H40N6O3/c1-4-25(33)27-18-24-29-21-17-23(35-15-7-12-32-10-5-6-11-32)22(34-3)16-20(21)26(30-24)28-19-8-13-31(2)14-9-19/h16-17,19H,4-15,18H2,1-3H3,(H,27,33)(H,28,29,30). The molecule has 4 rings (SSSR count). The molecule has 0 spiro atoms. The number of piperidine rings is 1. The number of aromatic nitrogens is 2. The van der Waals surface area contributed by atoms with Crippen molar-refractivity contribution in [1.29, 1.82) is 0 Å². The Hall–Kier alpha value is -2.65. The van der Waals surface area contributed by atoms with Crippen molar-refractivity contribution in [3.8, 4) is 11.5 Å². The van der Waals surface area contributed by atoms with Crippen LogP contribution in [0.2, 0.25) is 0 Å². The van der Waals surface area contributed by atoms with Crippen LogP contribution in [0.1, 0.15) is 51.3 Å². The summed E-state index contributed by atoms with van der Waals surface area (Å²) in [5, 5.41) is 7.44. The lowest BCUT2D eigenvalue weighted by molar-refractivity contribution is -0.120. The van der Waals surface area contributed by atoms with Gasteiger partial charge in [-0.1, -0.05) is 6.92 Å². The Labute approximate surface area is 208 Å². The number of carbonyl (C=O) groups is 1. The highest BCUT2D eigenvalue weighted by molar-refractivity contribution is 5.92. The number of anilines is 1. The topological polar surface area (TPSA) is 91.9 Å². The van der Waals surface area contributed by atoms with Crippen LogP contribution in [-0.4, -0.2) is 85.2 Å². The zero-order chi connectivity index (χ0) is 24.6. The first kappa shape index (κ1) is 25.4. The van der Waals surface area contributed by atoms with E-state index in [2.05, 4.69) is 27.5 Å². The van der Waals surface area contributed by atoms with Crippen molar-refractivity contribution in [2.45, 2.75) is 58.0 Å². The second-order valence-corrected chi connectivity index (χ2v) is 9.61. The first-order valence-corrected chi connectivity index (χ1v) is 13.0. The van der Waals surface area contributed by atoms with Gasteiger partial charge in [0, 0.05) is 30.5 Å². The van der Waals surface area contributed by atoms with E-state index in [1.165, 1.54) is 25.9 Å². The van der Waals surface area contributed by atoms with Crippen molar-refractivity contribution >= 4 is 22.6 Å². The highest BCUT2D eigenvalue weighted by Crippen LogP contribution is 2.35. The Bertz CT molecular complexity index is 987. The minimum atomic E-state index is -0.0183. The van der Waals surface area contributed by atoms with Crippen LogP contribution in [0.25, 0.3) is 10.9 Å². The Morgan fingerprint density at radius 3 is 2.60 bits per heavy atom. The maximum atomic E-state index is 11.8. The SMILES string of the molecule is CCC(=O)NCc1nc(NC2CCN(C)CC2)c2cc(OC)c(OCCCN3CCCC3)cc2n1. The van der Waals surface area contributed by atoms with Gasteiger partial charge in [-0.3, -0.25) is 4.79 Å². The first-order valence-electron chi connectivity index (χ1n) is 13.0. The number of amides is 1. The first-order chi connectivity index (χ1) is 17.1. The molecule has 2 N–H and O–H groups in total. The van der Waals surface area contributed by atoms with E-state index in [1.54, 1.807) is 7.11 Å². The van der Waals surface area contributed by atoms with Crippen LogP contribution in [0.5, 0.6) is 11.5 Å². The smallest absolute Gasteiger partial charge is 0.220 e. The number of hydrogen-bond donors (Lipinski definition) is 2. The molecular weight excluding hydrogens is 444 g/mol. The van der Waals surface area contributed by atoms with Gasteiger partial charge in [-0.2, -0.15) is 0 Å². The van der Waals surface area contributed by atoms with E-state index in [4.69, 9.17) is 19.4 Å². The lowest BCUT2D eigenvalue weighted by atomic mass is 10.1. The third-order valence-electron chi connectivity index (χ3n) is 6.93. The molecule has 0 radical (unpaired) electrons. The second-order valence-electron chi connectivity index (χ2n) is 9.61. The Morgan fingerprint density at radius 2 is 1.89 bits per heavy atom. The molecule has 1 aromatic heterocycles. The van der Waals surface area contributed by atoms with E-state index >= 15 is 0 Å². The Kier molecular flexibility index (Phi) is 8.98. The van der Waals surface area contributed by atoms with E-state index in [1.807, 2.05) is 19.1 Å². The fourth-order valence-corrected chi connectivity index (χ4v) is 4.77. The number of benzene rings is 1. The van der Waals surface area contributed by atoms with E-state index < -0.39 is 0 Å². The summed E-state index contributed by atoms with van der Waals surface area (Å²) < 4.78 is 11.8. The minimum Gasteiger partial charge on any atom is -0.493 e. The number of ether oxygens (including phenoxy) is 2. The molecule has 9 nitrogen and oxygen atoms in total. The number of nitrogens with one attached hydrogen (secondary N) is 2. The number of nitrogens with zero attached hydrogens (tertiary/aromatic N) is 4. The maximum absolute atomic E-state index is 11.8. The quantitative estimate of drug-likeness (QED) is 0.470. The highest BCUT2D eigenvalue weighted by atomic mass is 16.5. The fraction of sp³-hybridized carbons (Fsp3) is 0.654. The molecule has 1 amide bonds. The third kappa shape index (κ3) is 6.95. The second kappa shape index (κ2) is 12.4.